The van der Waals surface area contributed by atoms with Crippen LogP contribution in [0.2, 0.25) is 0 Å². The zero-order valence-electron chi connectivity index (χ0n) is 10.3. The maximum absolute atomic E-state index is 12.2. The van der Waals surface area contributed by atoms with Crippen molar-refractivity contribution in [2.75, 3.05) is 0 Å². The molecular formula is C10H13F6IO2. The lowest BCUT2D eigenvalue weighted by Crippen LogP contribution is -2.47. The van der Waals surface area contributed by atoms with E-state index in [0.29, 0.717) is 0 Å². The molecule has 0 aromatic carbocycles. The molecule has 0 bridgehead atoms. The van der Waals surface area contributed by atoms with Gasteiger partial charge in [-0.05, 0) is 20.3 Å². The van der Waals surface area contributed by atoms with E-state index in [4.69, 9.17) is 0 Å². The van der Waals surface area contributed by atoms with Gasteiger partial charge in [0.25, 0.3) is 6.10 Å². The molecule has 0 aliphatic rings. The van der Waals surface area contributed by atoms with Crippen molar-refractivity contribution in [1.82, 2.24) is 0 Å². The number of carbonyl (C=O) groups is 1. The van der Waals surface area contributed by atoms with Crippen molar-refractivity contribution < 1.29 is 35.9 Å². The quantitative estimate of drug-likeness (QED) is 0.302. The second-order valence-corrected chi connectivity index (χ2v) is 6.86. The van der Waals surface area contributed by atoms with Gasteiger partial charge in [0.2, 0.25) is 0 Å². The van der Waals surface area contributed by atoms with Crippen LogP contribution in [-0.4, -0.2) is 28.4 Å². The summed E-state index contributed by atoms with van der Waals surface area (Å²) in [6, 6.07) is 0. The van der Waals surface area contributed by atoms with Gasteiger partial charge in [0.1, 0.15) is 0 Å². The number of hydrogen-bond acceptors (Lipinski definition) is 2. The lowest BCUT2D eigenvalue weighted by Gasteiger charge is -2.29. The van der Waals surface area contributed by atoms with Crippen molar-refractivity contribution >= 4 is 28.6 Å². The van der Waals surface area contributed by atoms with Crippen molar-refractivity contribution in [3.63, 3.8) is 0 Å². The van der Waals surface area contributed by atoms with Gasteiger partial charge in [-0.1, -0.05) is 29.5 Å². The SMILES string of the molecule is CC(I)CC(C)(C)C(=O)OC(C(F)(F)F)C(F)(F)F. The summed E-state index contributed by atoms with van der Waals surface area (Å²) in [4.78, 5) is 11.5. The van der Waals surface area contributed by atoms with Crippen LogP contribution in [0.5, 0.6) is 0 Å². The van der Waals surface area contributed by atoms with E-state index in [1.165, 1.54) is 13.8 Å². The molecule has 0 saturated carbocycles. The molecule has 0 amide bonds. The third-order valence-electron chi connectivity index (χ3n) is 2.16. The first-order valence-electron chi connectivity index (χ1n) is 5.16. The number of alkyl halides is 7. The van der Waals surface area contributed by atoms with Crippen LogP contribution in [-0.2, 0) is 9.53 Å². The summed E-state index contributed by atoms with van der Waals surface area (Å²) in [5, 5.41) is 0. The Balaban J connectivity index is 5.03. The average molecular weight is 406 g/mol. The molecule has 0 radical (unpaired) electrons. The Hall–Kier alpha value is -0.220. The first-order chi connectivity index (χ1) is 8.18. The zero-order chi connectivity index (χ0) is 15.6. The first kappa shape index (κ1) is 18.8. The minimum Gasteiger partial charge on any atom is -0.442 e. The molecule has 0 heterocycles. The Bertz CT molecular complexity index is 307. The summed E-state index contributed by atoms with van der Waals surface area (Å²) in [7, 11) is 0. The molecule has 0 aliphatic heterocycles. The van der Waals surface area contributed by atoms with Crippen LogP contribution in [0.25, 0.3) is 0 Å². The number of ether oxygens (including phenoxy) is 1. The minimum absolute atomic E-state index is 0.102. The van der Waals surface area contributed by atoms with E-state index in [-0.39, 0.29) is 10.3 Å². The maximum atomic E-state index is 12.2. The van der Waals surface area contributed by atoms with Crippen molar-refractivity contribution in [1.29, 1.82) is 0 Å². The second-order valence-electron chi connectivity index (χ2n) is 4.74. The summed E-state index contributed by atoms with van der Waals surface area (Å²) in [5.41, 5.74) is -1.42. The molecule has 19 heavy (non-hydrogen) atoms. The molecule has 0 fully saturated rings. The lowest BCUT2D eigenvalue weighted by atomic mass is 9.88. The molecule has 0 aromatic rings. The number of hydrogen-bond donors (Lipinski definition) is 0. The van der Waals surface area contributed by atoms with Gasteiger partial charge in [-0.2, -0.15) is 26.3 Å². The topological polar surface area (TPSA) is 26.3 Å². The van der Waals surface area contributed by atoms with Crippen molar-refractivity contribution in [3.05, 3.63) is 0 Å². The first-order valence-corrected chi connectivity index (χ1v) is 6.41. The number of carbonyl (C=O) groups excluding carboxylic acids is 1. The summed E-state index contributed by atoms with van der Waals surface area (Å²) in [6.07, 6.45) is -15.3. The van der Waals surface area contributed by atoms with E-state index in [1.807, 2.05) is 22.6 Å². The maximum Gasteiger partial charge on any atom is 0.434 e. The van der Waals surface area contributed by atoms with E-state index in [2.05, 4.69) is 4.74 Å². The third-order valence-corrected chi connectivity index (χ3v) is 2.60. The Morgan fingerprint density at radius 1 is 1.11 bits per heavy atom. The molecule has 114 valence electrons. The summed E-state index contributed by atoms with van der Waals surface area (Å²) in [6.45, 7) is 4.17. The van der Waals surface area contributed by atoms with Crippen LogP contribution in [0, 0.1) is 5.41 Å². The van der Waals surface area contributed by atoms with Crippen LogP contribution in [0.4, 0.5) is 26.3 Å². The molecule has 0 rings (SSSR count). The number of rotatable bonds is 4. The summed E-state index contributed by atoms with van der Waals surface area (Å²) >= 11 is 1.91. The van der Waals surface area contributed by atoms with Gasteiger partial charge in [0.05, 0.1) is 5.41 Å². The van der Waals surface area contributed by atoms with E-state index in [0.717, 1.165) is 0 Å². The molecule has 1 atom stereocenters. The predicted molar refractivity (Wildman–Crippen MR) is 63.9 cm³/mol. The average Bonchev–Trinajstić information content (AvgIpc) is 2.07. The van der Waals surface area contributed by atoms with Gasteiger partial charge < -0.3 is 4.74 Å². The van der Waals surface area contributed by atoms with Crippen molar-refractivity contribution in [2.24, 2.45) is 5.41 Å². The Morgan fingerprint density at radius 2 is 1.47 bits per heavy atom. The number of halogens is 7. The normalized spacial score (nSPS) is 15.5. The van der Waals surface area contributed by atoms with Crippen LogP contribution < -0.4 is 0 Å². The van der Waals surface area contributed by atoms with Crippen LogP contribution in [0.15, 0.2) is 0 Å². The standard InChI is InChI=1S/C10H13F6IO2/c1-5(17)4-8(2,3)7(18)19-6(9(11,12)13)10(14,15)16/h5-6H,4H2,1-3H3. The van der Waals surface area contributed by atoms with Crippen molar-refractivity contribution in [3.8, 4) is 0 Å². The monoisotopic (exact) mass is 406 g/mol. The fourth-order valence-electron chi connectivity index (χ4n) is 1.37. The summed E-state index contributed by atoms with van der Waals surface area (Å²) in [5.74, 6) is -1.52. The molecule has 0 aromatic heterocycles. The molecule has 0 spiro atoms. The van der Waals surface area contributed by atoms with E-state index in [1.54, 1.807) is 6.92 Å². The molecule has 9 heteroatoms. The van der Waals surface area contributed by atoms with Crippen LogP contribution in [0.1, 0.15) is 27.2 Å². The van der Waals surface area contributed by atoms with Crippen molar-refractivity contribution in [2.45, 2.75) is 49.6 Å². The van der Waals surface area contributed by atoms with Gasteiger partial charge in [-0.3, -0.25) is 4.79 Å². The highest BCUT2D eigenvalue weighted by molar-refractivity contribution is 14.1. The fraction of sp³-hybridized carbons (Fsp3) is 0.900. The molecule has 0 saturated heterocycles. The van der Waals surface area contributed by atoms with E-state index in [9.17, 15) is 31.1 Å². The Labute approximate surface area is 120 Å². The van der Waals surface area contributed by atoms with Crippen LogP contribution in [0.3, 0.4) is 0 Å². The molecule has 2 nitrogen and oxygen atoms in total. The second kappa shape index (κ2) is 6.04. The lowest BCUT2D eigenvalue weighted by molar-refractivity contribution is -0.315. The molecular weight excluding hydrogens is 393 g/mol. The Kier molecular flexibility index (Phi) is 5.97. The van der Waals surface area contributed by atoms with Gasteiger partial charge >= 0.3 is 18.3 Å². The molecule has 1 unspecified atom stereocenters. The predicted octanol–water partition coefficient (Wildman–Crippen LogP) is 4.26. The minimum atomic E-state index is -5.68. The number of esters is 1. The summed E-state index contributed by atoms with van der Waals surface area (Å²) < 4.78 is 76.9. The smallest absolute Gasteiger partial charge is 0.434 e. The largest absolute Gasteiger partial charge is 0.442 e. The van der Waals surface area contributed by atoms with Gasteiger partial charge in [-0.15, -0.1) is 0 Å². The van der Waals surface area contributed by atoms with E-state index < -0.39 is 29.8 Å². The highest BCUT2D eigenvalue weighted by Crippen LogP contribution is 2.38. The molecule has 0 N–H and O–H groups in total. The van der Waals surface area contributed by atoms with E-state index >= 15 is 0 Å². The van der Waals surface area contributed by atoms with Gasteiger partial charge in [0, 0.05) is 3.92 Å². The van der Waals surface area contributed by atoms with Gasteiger partial charge in [0.15, 0.2) is 0 Å². The molecule has 0 aliphatic carbocycles. The third kappa shape index (κ3) is 6.17. The Morgan fingerprint density at radius 3 is 1.74 bits per heavy atom. The van der Waals surface area contributed by atoms with Gasteiger partial charge in [-0.25, -0.2) is 0 Å². The highest BCUT2D eigenvalue weighted by Gasteiger charge is 2.60. The highest BCUT2D eigenvalue weighted by atomic mass is 127. The zero-order valence-corrected chi connectivity index (χ0v) is 12.5. The van der Waals surface area contributed by atoms with Crippen LogP contribution >= 0.6 is 22.6 Å². The fourth-order valence-corrected chi connectivity index (χ4v) is 2.47.